The molecule has 2 heteroatoms. The van der Waals surface area contributed by atoms with E-state index in [0.29, 0.717) is 17.8 Å². The molecular weight excluding hydrogens is 246 g/mol. The van der Waals surface area contributed by atoms with Crippen molar-refractivity contribution in [2.75, 3.05) is 13.1 Å². The fraction of sp³-hybridized carbons (Fsp3) is 0.667. The first-order valence-electron chi connectivity index (χ1n) is 7.87. The summed E-state index contributed by atoms with van der Waals surface area (Å²) in [4.78, 5) is 0. The van der Waals surface area contributed by atoms with Gasteiger partial charge in [-0.25, -0.2) is 0 Å². The summed E-state index contributed by atoms with van der Waals surface area (Å²) in [5.41, 5.74) is 1.36. The third-order valence-corrected chi connectivity index (χ3v) is 3.63. The zero-order chi connectivity index (χ0) is 15.1. The Kier molecular flexibility index (Phi) is 7.08. The Balaban J connectivity index is 2.59. The van der Waals surface area contributed by atoms with Crippen LogP contribution in [0.2, 0.25) is 0 Å². The van der Waals surface area contributed by atoms with E-state index in [1.54, 1.807) is 0 Å². The predicted molar refractivity (Wildman–Crippen MR) is 87.5 cm³/mol. The standard InChI is InChI=1S/C18H31NO/c1-13(2)11-19-12-15(5)16(6)17-8-7-9-18(10-17)20-14(3)4/h7-10,13-16,19H,11-12H2,1-6H3. The van der Waals surface area contributed by atoms with E-state index in [-0.39, 0.29) is 6.10 Å². The Morgan fingerprint density at radius 1 is 1.00 bits per heavy atom. The van der Waals surface area contributed by atoms with Gasteiger partial charge in [-0.15, -0.1) is 0 Å². The number of benzene rings is 1. The molecule has 114 valence electrons. The highest BCUT2D eigenvalue weighted by molar-refractivity contribution is 5.31. The molecule has 2 nitrogen and oxygen atoms in total. The Morgan fingerprint density at radius 3 is 2.30 bits per heavy atom. The van der Waals surface area contributed by atoms with E-state index < -0.39 is 0 Å². The van der Waals surface area contributed by atoms with Crippen molar-refractivity contribution in [1.29, 1.82) is 0 Å². The third-order valence-electron chi connectivity index (χ3n) is 3.63. The normalized spacial score (nSPS) is 14.6. The number of hydrogen-bond acceptors (Lipinski definition) is 2. The van der Waals surface area contributed by atoms with Gasteiger partial charge in [-0.1, -0.05) is 39.8 Å². The average molecular weight is 277 g/mol. The maximum atomic E-state index is 5.78. The minimum Gasteiger partial charge on any atom is -0.491 e. The van der Waals surface area contributed by atoms with Crippen LogP contribution in [-0.4, -0.2) is 19.2 Å². The molecule has 0 heterocycles. The lowest BCUT2D eigenvalue weighted by atomic mass is 9.88. The molecule has 1 aromatic rings. The van der Waals surface area contributed by atoms with Gasteiger partial charge in [-0.3, -0.25) is 0 Å². The minimum absolute atomic E-state index is 0.227. The molecule has 0 saturated carbocycles. The molecule has 0 aliphatic rings. The van der Waals surface area contributed by atoms with Gasteiger partial charge in [0.2, 0.25) is 0 Å². The molecule has 1 aromatic carbocycles. The maximum absolute atomic E-state index is 5.78. The first-order chi connectivity index (χ1) is 9.40. The topological polar surface area (TPSA) is 21.3 Å². The molecule has 0 aliphatic heterocycles. The van der Waals surface area contributed by atoms with Gasteiger partial charge >= 0.3 is 0 Å². The van der Waals surface area contributed by atoms with Crippen LogP contribution < -0.4 is 10.1 Å². The van der Waals surface area contributed by atoms with E-state index in [0.717, 1.165) is 18.8 Å². The zero-order valence-corrected chi connectivity index (χ0v) is 13.9. The Bertz CT molecular complexity index is 387. The first-order valence-corrected chi connectivity index (χ1v) is 7.87. The van der Waals surface area contributed by atoms with Gasteiger partial charge in [0.05, 0.1) is 6.10 Å². The summed E-state index contributed by atoms with van der Waals surface area (Å²) in [7, 11) is 0. The molecule has 0 aromatic heterocycles. The SMILES string of the molecule is CC(C)CNCC(C)C(C)c1cccc(OC(C)C)c1. The van der Waals surface area contributed by atoms with Gasteiger partial charge in [0.15, 0.2) is 0 Å². The average Bonchev–Trinajstić information content (AvgIpc) is 2.36. The van der Waals surface area contributed by atoms with Crippen LogP contribution in [0.25, 0.3) is 0 Å². The molecular formula is C18H31NO. The Hall–Kier alpha value is -1.02. The zero-order valence-electron chi connectivity index (χ0n) is 13.9. The molecule has 0 amide bonds. The van der Waals surface area contributed by atoms with Crippen molar-refractivity contribution in [2.45, 2.75) is 53.6 Å². The number of hydrogen-bond donors (Lipinski definition) is 1. The lowest BCUT2D eigenvalue weighted by Gasteiger charge is -2.22. The van der Waals surface area contributed by atoms with Gasteiger partial charge in [-0.05, 0) is 62.4 Å². The van der Waals surface area contributed by atoms with Crippen LogP contribution in [0, 0.1) is 11.8 Å². The second-order valence-electron chi connectivity index (χ2n) is 6.56. The van der Waals surface area contributed by atoms with Crippen molar-refractivity contribution in [1.82, 2.24) is 5.32 Å². The van der Waals surface area contributed by atoms with Gasteiger partial charge < -0.3 is 10.1 Å². The summed E-state index contributed by atoms with van der Waals surface area (Å²) < 4.78 is 5.78. The largest absolute Gasteiger partial charge is 0.491 e. The molecule has 0 aliphatic carbocycles. The highest BCUT2D eigenvalue weighted by Crippen LogP contribution is 2.27. The smallest absolute Gasteiger partial charge is 0.119 e. The van der Waals surface area contributed by atoms with Crippen LogP contribution in [0.4, 0.5) is 0 Å². The van der Waals surface area contributed by atoms with E-state index in [4.69, 9.17) is 4.74 Å². The number of ether oxygens (including phenoxy) is 1. The monoisotopic (exact) mass is 277 g/mol. The molecule has 2 atom stereocenters. The van der Waals surface area contributed by atoms with Gasteiger partial charge in [0, 0.05) is 0 Å². The summed E-state index contributed by atoms with van der Waals surface area (Å²) >= 11 is 0. The predicted octanol–water partition coefficient (Wildman–Crippen LogP) is 4.46. The quantitative estimate of drug-likeness (QED) is 0.757. The molecule has 0 fully saturated rings. The van der Waals surface area contributed by atoms with E-state index >= 15 is 0 Å². The summed E-state index contributed by atoms with van der Waals surface area (Å²) in [5, 5.41) is 3.55. The molecule has 0 spiro atoms. The van der Waals surface area contributed by atoms with Crippen LogP contribution in [0.5, 0.6) is 5.75 Å². The fourth-order valence-electron chi connectivity index (χ4n) is 2.25. The number of nitrogens with one attached hydrogen (secondary N) is 1. The van der Waals surface area contributed by atoms with Crippen LogP contribution in [0.1, 0.15) is 53.0 Å². The van der Waals surface area contributed by atoms with E-state index in [1.807, 2.05) is 6.07 Å². The summed E-state index contributed by atoms with van der Waals surface area (Å²) in [6.07, 6.45) is 0.227. The van der Waals surface area contributed by atoms with E-state index in [1.165, 1.54) is 5.56 Å². The fourth-order valence-corrected chi connectivity index (χ4v) is 2.25. The lowest BCUT2D eigenvalue weighted by Crippen LogP contribution is -2.27. The van der Waals surface area contributed by atoms with Gasteiger partial charge in [-0.2, -0.15) is 0 Å². The maximum Gasteiger partial charge on any atom is 0.119 e. The van der Waals surface area contributed by atoms with E-state index in [9.17, 15) is 0 Å². The molecule has 1 rings (SSSR count). The van der Waals surface area contributed by atoms with Crippen LogP contribution >= 0.6 is 0 Å². The van der Waals surface area contributed by atoms with Crippen LogP contribution in [-0.2, 0) is 0 Å². The van der Waals surface area contributed by atoms with Crippen molar-refractivity contribution in [3.05, 3.63) is 29.8 Å². The summed E-state index contributed by atoms with van der Waals surface area (Å²) in [6.45, 7) is 15.4. The van der Waals surface area contributed by atoms with Crippen molar-refractivity contribution in [2.24, 2.45) is 11.8 Å². The van der Waals surface area contributed by atoms with Gasteiger partial charge in [0.1, 0.15) is 5.75 Å². The second-order valence-corrected chi connectivity index (χ2v) is 6.56. The Morgan fingerprint density at radius 2 is 1.70 bits per heavy atom. The van der Waals surface area contributed by atoms with Crippen molar-refractivity contribution in [3.8, 4) is 5.75 Å². The van der Waals surface area contributed by atoms with Crippen molar-refractivity contribution < 1.29 is 4.74 Å². The third kappa shape index (κ3) is 5.96. The highest BCUT2D eigenvalue weighted by Gasteiger charge is 2.15. The molecule has 1 N–H and O–H groups in total. The van der Waals surface area contributed by atoms with E-state index in [2.05, 4.69) is 65.1 Å². The molecule has 0 radical (unpaired) electrons. The Labute approximate surface area is 124 Å². The van der Waals surface area contributed by atoms with Crippen LogP contribution in [0.15, 0.2) is 24.3 Å². The first kappa shape index (κ1) is 17.0. The van der Waals surface area contributed by atoms with Gasteiger partial charge in [0.25, 0.3) is 0 Å². The lowest BCUT2D eigenvalue weighted by molar-refractivity contribution is 0.242. The minimum atomic E-state index is 0.227. The molecule has 20 heavy (non-hydrogen) atoms. The molecule has 0 saturated heterocycles. The summed E-state index contributed by atoms with van der Waals surface area (Å²) in [5.74, 6) is 2.83. The van der Waals surface area contributed by atoms with Crippen LogP contribution in [0.3, 0.4) is 0 Å². The highest BCUT2D eigenvalue weighted by atomic mass is 16.5. The summed E-state index contributed by atoms with van der Waals surface area (Å²) in [6, 6.07) is 8.52. The van der Waals surface area contributed by atoms with Crippen molar-refractivity contribution in [3.63, 3.8) is 0 Å². The number of rotatable bonds is 8. The second kappa shape index (κ2) is 8.31. The molecule has 0 bridgehead atoms. The van der Waals surface area contributed by atoms with Crippen molar-refractivity contribution >= 4 is 0 Å². The molecule has 2 unspecified atom stereocenters.